The number of aromatic nitrogens is 2. The van der Waals surface area contributed by atoms with E-state index in [0.29, 0.717) is 13.1 Å². The van der Waals surface area contributed by atoms with Crippen LogP contribution in [-0.2, 0) is 0 Å². The average molecular weight is 354 g/mol. The maximum absolute atomic E-state index is 12.0. The van der Waals surface area contributed by atoms with Gasteiger partial charge in [0.25, 0.3) is 0 Å². The zero-order chi connectivity index (χ0) is 18.4. The van der Waals surface area contributed by atoms with Gasteiger partial charge in [-0.05, 0) is 42.1 Å². The van der Waals surface area contributed by atoms with Crippen molar-refractivity contribution in [2.75, 3.05) is 18.0 Å². The standard InChI is InChI=1S/C22H18N4O/c1-14-11-20(19-4-2-3-15-13-23-8-7-18(15)19)25-21-12-16(5-6-17(14)21)26-10-9-24-22(26)27/h2-8,11-13H,9-10H2,1H3,(H,24,27). The fourth-order valence-electron chi connectivity index (χ4n) is 3.76. The molecule has 2 aromatic heterocycles. The van der Waals surface area contributed by atoms with E-state index in [1.54, 1.807) is 4.90 Å². The number of anilines is 1. The number of carbonyl (C=O) groups is 1. The normalized spacial score (nSPS) is 14.1. The van der Waals surface area contributed by atoms with Crippen molar-refractivity contribution in [2.45, 2.75) is 6.92 Å². The van der Waals surface area contributed by atoms with Crippen LogP contribution in [-0.4, -0.2) is 29.1 Å². The molecule has 1 aliphatic rings. The van der Waals surface area contributed by atoms with Crippen molar-refractivity contribution >= 4 is 33.4 Å². The highest BCUT2D eigenvalue weighted by Crippen LogP contribution is 2.31. The summed E-state index contributed by atoms with van der Waals surface area (Å²) in [5, 5.41) is 6.17. The van der Waals surface area contributed by atoms with E-state index in [-0.39, 0.29) is 6.03 Å². The Morgan fingerprint density at radius 1 is 1.07 bits per heavy atom. The van der Waals surface area contributed by atoms with Gasteiger partial charge < -0.3 is 5.32 Å². The largest absolute Gasteiger partial charge is 0.336 e. The molecule has 0 spiro atoms. The summed E-state index contributed by atoms with van der Waals surface area (Å²) in [5.74, 6) is 0. The zero-order valence-electron chi connectivity index (χ0n) is 14.9. The van der Waals surface area contributed by atoms with Crippen molar-refractivity contribution in [3.63, 3.8) is 0 Å². The molecule has 0 unspecified atom stereocenters. The smallest absolute Gasteiger partial charge is 0.321 e. The van der Waals surface area contributed by atoms with E-state index in [1.165, 1.54) is 5.56 Å². The van der Waals surface area contributed by atoms with Crippen LogP contribution in [0.4, 0.5) is 10.5 Å². The zero-order valence-corrected chi connectivity index (χ0v) is 14.9. The van der Waals surface area contributed by atoms with Crippen molar-refractivity contribution in [1.29, 1.82) is 0 Å². The molecule has 1 aliphatic heterocycles. The highest BCUT2D eigenvalue weighted by atomic mass is 16.2. The number of amides is 2. The summed E-state index contributed by atoms with van der Waals surface area (Å²) in [6.45, 7) is 3.45. The highest BCUT2D eigenvalue weighted by Gasteiger charge is 2.21. The van der Waals surface area contributed by atoms with Gasteiger partial charge >= 0.3 is 6.03 Å². The van der Waals surface area contributed by atoms with E-state index in [2.05, 4.69) is 41.5 Å². The topological polar surface area (TPSA) is 58.1 Å². The van der Waals surface area contributed by atoms with Crippen LogP contribution in [0.3, 0.4) is 0 Å². The molecule has 1 saturated heterocycles. The first-order valence-corrected chi connectivity index (χ1v) is 9.00. The third-order valence-electron chi connectivity index (χ3n) is 5.13. The lowest BCUT2D eigenvalue weighted by molar-refractivity contribution is 0.252. The first kappa shape index (κ1) is 15.8. The number of nitrogens with one attached hydrogen (secondary N) is 1. The minimum atomic E-state index is -0.0521. The fraction of sp³-hybridized carbons (Fsp3) is 0.136. The van der Waals surface area contributed by atoms with Gasteiger partial charge in [-0.1, -0.05) is 24.3 Å². The van der Waals surface area contributed by atoms with Gasteiger partial charge in [0.1, 0.15) is 0 Å². The van der Waals surface area contributed by atoms with E-state index in [1.807, 2.05) is 36.7 Å². The quantitative estimate of drug-likeness (QED) is 0.584. The third-order valence-corrected chi connectivity index (χ3v) is 5.13. The number of benzene rings is 2. The average Bonchev–Trinajstić information content (AvgIpc) is 3.13. The second kappa shape index (κ2) is 6.06. The van der Waals surface area contributed by atoms with Crippen LogP contribution < -0.4 is 10.2 Å². The van der Waals surface area contributed by atoms with E-state index in [4.69, 9.17) is 4.98 Å². The molecule has 5 nitrogen and oxygen atoms in total. The van der Waals surface area contributed by atoms with Crippen LogP contribution in [0, 0.1) is 6.92 Å². The first-order valence-electron chi connectivity index (χ1n) is 9.00. The van der Waals surface area contributed by atoms with Crippen LogP contribution in [0.15, 0.2) is 60.9 Å². The second-order valence-corrected chi connectivity index (χ2v) is 6.81. The Morgan fingerprint density at radius 3 is 2.85 bits per heavy atom. The summed E-state index contributed by atoms with van der Waals surface area (Å²) in [6.07, 6.45) is 3.68. The molecule has 0 aliphatic carbocycles. The van der Waals surface area contributed by atoms with E-state index >= 15 is 0 Å². The molecular formula is C22H18N4O. The summed E-state index contributed by atoms with van der Waals surface area (Å²) < 4.78 is 0. The minimum Gasteiger partial charge on any atom is -0.336 e. The summed E-state index contributed by atoms with van der Waals surface area (Å²) in [7, 11) is 0. The molecular weight excluding hydrogens is 336 g/mol. The van der Waals surface area contributed by atoms with Gasteiger partial charge in [0.2, 0.25) is 0 Å². The molecule has 2 amide bonds. The Bertz CT molecular complexity index is 1200. The lowest BCUT2D eigenvalue weighted by Gasteiger charge is -2.16. The number of carbonyl (C=O) groups excluding carboxylic acids is 1. The molecule has 0 atom stereocenters. The summed E-state index contributed by atoms with van der Waals surface area (Å²) in [5.41, 5.74) is 4.96. The van der Waals surface area contributed by atoms with Gasteiger partial charge in [0.15, 0.2) is 0 Å². The van der Waals surface area contributed by atoms with Crippen molar-refractivity contribution in [3.8, 4) is 11.3 Å². The predicted molar refractivity (Wildman–Crippen MR) is 108 cm³/mol. The van der Waals surface area contributed by atoms with Gasteiger partial charge in [-0.25, -0.2) is 9.78 Å². The monoisotopic (exact) mass is 354 g/mol. The molecule has 1 fully saturated rings. The number of aryl methyl sites for hydroxylation is 1. The molecule has 5 rings (SSSR count). The van der Waals surface area contributed by atoms with Gasteiger partial charge in [-0.2, -0.15) is 0 Å². The molecule has 0 bridgehead atoms. The summed E-state index contributed by atoms with van der Waals surface area (Å²) in [6, 6.07) is 16.3. The van der Waals surface area contributed by atoms with Crippen LogP contribution in [0.1, 0.15) is 5.56 Å². The maximum Gasteiger partial charge on any atom is 0.321 e. The number of pyridine rings is 2. The molecule has 3 heterocycles. The van der Waals surface area contributed by atoms with Crippen molar-refractivity contribution < 1.29 is 4.79 Å². The number of hydrogen-bond donors (Lipinski definition) is 1. The maximum atomic E-state index is 12.0. The lowest BCUT2D eigenvalue weighted by atomic mass is 10.0. The van der Waals surface area contributed by atoms with Gasteiger partial charge in [-0.15, -0.1) is 0 Å². The molecule has 2 aromatic carbocycles. The molecule has 0 saturated carbocycles. The number of urea groups is 1. The minimum absolute atomic E-state index is 0.0521. The Hall–Kier alpha value is -3.47. The van der Waals surface area contributed by atoms with E-state index in [0.717, 1.165) is 38.6 Å². The lowest BCUT2D eigenvalue weighted by Crippen LogP contribution is -2.27. The Morgan fingerprint density at radius 2 is 2.00 bits per heavy atom. The van der Waals surface area contributed by atoms with Gasteiger partial charge in [-0.3, -0.25) is 9.88 Å². The van der Waals surface area contributed by atoms with Crippen molar-refractivity contribution in [3.05, 3.63) is 66.5 Å². The number of hydrogen-bond acceptors (Lipinski definition) is 3. The fourth-order valence-corrected chi connectivity index (χ4v) is 3.76. The first-order chi connectivity index (χ1) is 13.2. The molecule has 27 heavy (non-hydrogen) atoms. The highest BCUT2D eigenvalue weighted by molar-refractivity contribution is 5.99. The van der Waals surface area contributed by atoms with E-state index in [9.17, 15) is 4.79 Å². The van der Waals surface area contributed by atoms with Crippen molar-refractivity contribution in [1.82, 2.24) is 15.3 Å². The third kappa shape index (κ3) is 2.59. The Labute approximate surface area is 156 Å². The summed E-state index contributed by atoms with van der Waals surface area (Å²) in [4.78, 5) is 22.9. The molecule has 132 valence electrons. The predicted octanol–water partition coefficient (Wildman–Crippen LogP) is 4.29. The van der Waals surface area contributed by atoms with Gasteiger partial charge in [0, 0.05) is 47.5 Å². The van der Waals surface area contributed by atoms with Crippen LogP contribution in [0.25, 0.3) is 32.9 Å². The number of rotatable bonds is 2. The van der Waals surface area contributed by atoms with E-state index < -0.39 is 0 Å². The van der Waals surface area contributed by atoms with Crippen LogP contribution >= 0.6 is 0 Å². The molecule has 4 aromatic rings. The number of nitrogens with zero attached hydrogens (tertiary/aromatic N) is 3. The Kier molecular flexibility index (Phi) is 3.53. The molecule has 1 N–H and O–H groups in total. The number of fused-ring (bicyclic) bond motifs is 2. The van der Waals surface area contributed by atoms with Crippen LogP contribution in [0.2, 0.25) is 0 Å². The van der Waals surface area contributed by atoms with Crippen molar-refractivity contribution in [2.24, 2.45) is 0 Å². The van der Waals surface area contributed by atoms with Gasteiger partial charge in [0.05, 0.1) is 11.2 Å². The summed E-state index contributed by atoms with van der Waals surface area (Å²) >= 11 is 0. The Balaban J connectivity index is 1.70. The molecule has 5 heteroatoms. The SMILES string of the molecule is Cc1cc(-c2cccc3cnccc23)nc2cc(N3CCNC3=O)ccc12. The molecule has 0 radical (unpaired) electrons. The second-order valence-electron chi connectivity index (χ2n) is 6.81. The van der Waals surface area contributed by atoms with Crippen LogP contribution in [0.5, 0.6) is 0 Å².